The fourth-order valence-electron chi connectivity index (χ4n) is 5.47. The van der Waals surface area contributed by atoms with Crippen molar-refractivity contribution in [2.75, 3.05) is 32.8 Å². The van der Waals surface area contributed by atoms with Crippen LogP contribution in [0.1, 0.15) is 52.5 Å². The number of hydrogen-bond donors (Lipinski definition) is 0. The molecule has 3 aliphatic rings. The third-order valence-electron chi connectivity index (χ3n) is 7.24. The van der Waals surface area contributed by atoms with Gasteiger partial charge in [0.1, 0.15) is 5.69 Å². The molecule has 0 unspecified atom stereocenters. The molecule has 0 aliphatic carbocycles. The van der Waals surface area contributed by atoms with Crippen LogP contribution < -0.4 is 0 Å². The van der Waals surface area contributed by atoms with E-state index >= 15 is 0 Å². The van der Waals surface area contributed by atoms with E-state index in [1.807, 2.05) is 23.3 Å². The maximum Gasteiger partial charge on any atom is 0.272 e. The normalized spacial score (nSPS) is 27.3. The molecule has 0 saturated carbocycles. The van der Waals surface area contributed by atoms with Gasteiger partial charge >= 0.3 is 0 Å². The van der Waals surface area contributed by atoms with Crippen LogP contribution in [0, 0.1) is 5.92 Å². The zero-order valence-corrected chi connectivity index (χ0v) is 19.1. The van der Waals surface area contributed by atoms with Gasteiger partial charge < -0.3 is 14.5 Å². The van der Waals surface area contributed by atoms with E-state index in [4.69, 9.17) is 4.74 Å². The van der Waals surface area contributed by atoms with Crippen LogP contribution in [0.3, 0.4) is 0 Å². The number of nitrogens with zero attached hydrogens (tertiary/aromatic N) is 4. The Balaban J connectivity index is 1.19. The molecule has 2 fully saturated rings. The summed E-state index contributed by atoms with van der Waals surface area (Å²) >= 11 is 1.99. The molecule has 0 radical (unpaired) electrons. The average Bonchev–Trinajstić information content (AvgIpc) is 3.32. The van der Waals surface area contributed by atoms with E-state index in [0.717, 1.165) is 58.5 Å². The van der Waals surface area contributed by atoms with Gasteiger partial charge in [-0.15, -0.1) is 11.3 Å². The van der Waals surface area contributed by atoms with E-state index in [2.05, 4.69) is 29.9 Å². The standard InChI is InChI=1S/C23H32N4O2S/c1-4-18-11-19-21(30-18)6-10-29-23(19)7-9-26(16(2)12-23)13-17-14-27(15-17)22(28)20-5-8-24-25(20)3/h5,8,11,16-17H,4,6-7,9-10,12-15H2,1-3H3/t16-,23+/m0/s1. The second kappa shape index (κ2) is 7.77. The van der Waals surface area contributed by atoms with E-state index in [9.17, 15) is 4.79 Å². The van der Waals surface area contributed by atoms with Crippen LogP contribution in [0.5, 0.6) is 0 Å². The zero-order valence-electron chi connectivity index (χ0n) is 18.3. The van der Waals surface area contributed by atoms with E-state index in [1.54, 1.807) is 21.8 Å². The first-order valence-corrected chi connectivity index (χ1v) is 12.1. The van der Waals surface area contributed by atoms with Crippen molar-refractivity contribution < 1.29 is 9.53 Å². The summed E-state index contributed by atoms with van der Waals surface area (Å²) in [4.78, 5) is 20.2. The lowest BCUT2D eigenvalue weighted by molar-refractivity contribution is -0.114. The number of rotatable bonds is 4. The Labute approximate surface area is 182 Å². The van der Waals surface area contributed by atoms with Crippen molar-refractivity contribution in [3.05, 3.63) is 39.3 Å². The summed E-state index contributed by atoms with van der Waals surface area (Å²) in [6.45, 7) is 9.30. The molecule has 2 saturated heterocycles. The molecular formula is C23H32N4O2S. The van der Waals surface area contributed by atoms with Crippen molar-refractivity contribution >= 4 is 17.2 Å². The summed E-state index contributed by atoms with van der Waals surface area (Å²) in [5.41, 5.74) is 2.09. The number of likely N-dealkylation sites (tertiary alicyclic amines) is 2. The summed E-state index contributed by atoms with van der Waals surface area (Å²) in [6, 6.07) is 4.72. The molecule has 1 amide bonds. The highest BCUT2D eigenvalue weighted by Gasteiger charge is 2.45. The van der Waals surface area contributed by atoms with Crippen molar-refractivity contribution in [2.24, 2.45) is 13.0 Å². The molecule has 2 aromatic rings. The highest BCUT2D eigenvalue weighted by atomic mass is 32.1. The molecule has 2 atom stereocenters. The first-order chi connectivity index (χ1) is 14.5. The Kier molecular flexibility index (Phi) is 5.24. The SMILES string of the molecule is CCc1cc2c(s1)CCO[C@@]21CCN(CC2CN(C(=O)c3ccnn3C)C2)[C@@H](C)C1. The van der Waals surface area contributed by atoms with Crippen LogP contribution >= 0.6 is 11.3 Å². The number of ether oxygens (including phenoxy) is 1. The molecule has 0 bridgehead atoms. The van der Waals surface area contributed by atoms with Gasteiger partial charge in [0.15, 0.2) is 0 Å². The summed E-state index contributed by atoms with van der Waals surface area (Å²) in [6.07, 6.45) is 6.03. The van der Waals surface area contributed by atoms with Crippen LogP contribution in [0.25, 0.3) is 0 Å². The van der Waals surface area contributed by atoms with E-state index < -0.39 is 0 Å². The van der Waals surface area contributed by atoms with Crippen molar-refractivity contribution in [3.8, 4) is 0 Å². The number of carbonyl (C=O) groups excluding carboxylic acids is 1. The molecule has 5 heterocycles. The van der Waals surface area contributed by atoms with Crippen molar-refractivity contribution in [1.82, 2.24) is 19.6 Å². The topological polar surface area (TPSA) is 50.6 Å². The van der Waals surface area contributed by atoms with Crippen LogP contribution in [-0.2, 0) is 30.2 Å². The minimum Gasteiger partial charge on any atom is -0.370 e. The molecule has 0 N–H and O–H groups in total. The molecule has 7 heteroatoms. The van der Waals surface area contributed by atoms with Crippen LogP contribution in [0.15, 0.2) is 18.3 Å². The van der Waals surface area contributed by atoms with E-state index in [1.165, 1.54) is 10.4 Å². The predicted octanol–water partition coefficient (Wildman–Crippen LogP) is 3.07. The van der Waals surface area contributed by atoms with Crippen molar-refractivity contribution in [2.45, 2.75) is 51.2 Å². The third-order valence-corrected chi connectivity index (χ3v) is 8.57. The minimum atomic E-state index is -0.0748. The highest BCUT2D eigenvalue weighted by molar-refractivity contribution is 7.12. The Bertz CT molecular complexity index is 932. The van der Waals surface area contributed by atoms with Crippen molar-refractivity contribution in [1.29, 1.82) is 0 Å². The number of thiophene rings is 1. The highest BCUT2D eigenvalue weighted by Crippen LogP contribution is 2.46. The maximum atomic E-state index is 12.6. The Morgan fingerprint density at radius 1 is 1.40 bits per heavy atom. The molecule has 0 aromatic carbocycles. The zero-order chi connectivity index (χ0) is 20.9. The molecule has 30 heavy (non-hydrogen) atoms. The maximum absolute atomic E-state index is 12.6. The first-order valence-electron chi connectivity index (χ1n) is 11.3. The van der Waals surface area contributed by atoms with Gasteiger partial charge in [-0.3, -0.25) is 9.48 Å². The van der Waals surface area contributed by atoms with Crippen LogP contribution in [-0.4, -0.2) is 64.3 Å². The van der Waals surface area contributed by atoms with Gasteiger partial charge in [0.25, 0.3) is 5.91 Å². The lowest BCUT2D eigenvalue weighted by Gasteiger charge is -2.49. The smallest absolute Gasteiger partial charge is 0.272 e. The lowest BCUT2D eigenvalue weighted by Crippen LogP contribution is -2.57. The summed E-state index contributed by atoms with van der Waals surface area (Å²) in [5.74, 6) is 0.665. The molecular weight excluding hydrogens is 396 g/mol. The second-order valence-electron chi connectivity index (χ2n) is 9.21. The number of carbonyl (C=O) groups is 1. The number of aryl methyl sites for hydroxylation is 2. The Hall–Kier alpha value is -1.70. The van der Waals surface area contributed by atoms with Crippen LogP contribution in [0.4, 0.5) is 0 Å². The lowest BCUT2D eigenvalue weighted by atomic mass is 9.79. The Morgan fingerprint density at radius 3 is 2.93 bits per heavy atom. The third kappa shape index (κ3) is 3.41. The van der Waals surface area contributed by atoms with Gasteiger partial charge in [0.2, 0.25) is 0 Å². The minimum absolute atomic E-state index is 0.0748. The Morgan fingerprint density at radius 2 is 2.23 bits per heavy atom. The van der Waals surface area contributed by atoms with Crippen LogP contribution in [0.2, 0.25) is 0 Å². The van der Waals surface area contributed by atoms with Gasteiger partial charge in [-0.25, -0.2) is 0 Å². The monoisotopic (exact) mass is 428 g/mol. The quantitative estimate of drug-likeness (QED) is 0.751. The summed E-state index contributed by atoms with van der Waals surface area (Å²) in [5, 5.41) is 4.12. The van der Waals surface area contributed by atoms with Gasteiger partial charge in [0.05, 0.1) is 12.2 Å². The van der Waals surface area contributed by atoms with Gasteiger partial charge in [0, 0.05) is 67.6 Å². The second-order valence-corrected chi connectivity index (χ2v) is 10.4. The van der Waals surface area contributed by atoms with Gasteiger partial charge in [-0.05, 0) is 43.9 Å². The fraction of sp³-hybridized carbons (Fsp3) is 0.652. The first kappa shape index (κ1) is 20.2. The molecule has 2 aromatic heterocycles. The number of amides is 1. The molecule has 1 spiro atoms. The summed E-state index contributed by atoms with van der Waals surface area (Å²) in [7, 11) is 1.82. The number of aromatic nitrogens is 2. The van der Waals surface area contributed by atoms with Crippen molar-refractivity contribution in [3.63, 3.8) is 0 Å². The number of fused-ring (bicyclic) bond motifs is 2. The average molecular weight is 429 g/mol. The van der Waals surface area contributed by atoms with Gasteiger partial charge in [-0.2, -0.15) is 5.10 Å². The number of hydrogen-bond acceptors (Lipinski definition) is 5. The van der Waals surface area contributed by atoms with E-state index in [-0.39, 0.29) is 11.5 Å². The fourth-order valence-corrected chi connectivity index (χ4v) is 6.65. The van der Waals surface area contributed by atoms with E-state index in [0.29, 0.717) is 17.7 Å². The van der Waals surface area contributed by atoms with Gasteiger partial charge in [-0.1, -0.05) is 6.92 Å². The molecule has 5 rings (SSSR count). The predicted molar refractivity (Wildman–Crippen MR) is 118 cm³/mol. The number of piperidine rings is 1. The molecule has 3 aliphatic heterocycles. The molecule has 6 nitrogen and oxygen atoms in total. The summed E-state index contributed by atoms with van der Waals surface area (Å²) < 4.78 is 8.14. The molecule has 162 valence electrons. The largest absolute Gasteiger partial charge is 0.370 e.